The van der Waals surface area contributed by atoms with E-state index in [9.17, 15) is 4.79 Å². The number of rotatable bonds is 4. The largest absolute Gasteiger partial charge is 0.361 e. The van der Waals surface area contributed by atoms with Gasteiger partial charge in [0.05, 0.1) is 6.04 Å². The summed E-state index contributed by atoms with van der Waals surface area (Å²) in [5.41, 5.74) is 2.36. The molecule has 0 saturated carbocycles. The Morgan fingerprint density at radius 1 is 1.36 bits per heavy atom. The Bertz CT molecular complexity index is 879. The molecule has 1 saturated heterocycles. The zero-order valence-corrected chi connectivity index (χ0v) is 14.6. The van der Waals surface area contributed by atoms with Crippen molar-refractivity contribution in [3.05, 3.63) is 54.2 Å². The molecule has 4 rings (SSSR count). The molecule has 25 heavy (non-hydrogen) atoms. The average Bonchev–Trinajstić information content (AvgIpc) is 3.26. The van der Waals surface area contributed by atoms with Gasteiger partial charge in [-0.2, -0.15) is 0 Å². The number of para-hydroxylation sites is 1. The summed E-state index contributed by atoms with van der Waals surface area (Å²) in [6.07, 6.45) is 9.43. The van der Waals surface area contributed by atoms with Crippen LogP contribution < -0.4 is 0 Å². The summed E-state index contributed by atoms with van der Waals surface area (Å²) in [6, 6.07) is 8.62. The molecular formula is C20H24N4O. The Kier molecular flexibility index (Phi) is 4.30. The number of carbonyl (C=O) groups excluding carboxylic acids is 1. The van der Waals surface area contributed by atoms with Crippen LogP contribution in [0.3, 0.4) is 0 Å². The van der Waals surface area contributed by atoms with Crippen LogP contribution in [-0.2, 0) is 11.2 Å². The normalized spacial score (nSPS) is 18.0. The lowest BCUT2D eigenvalue weighted by molar-refractivity contribution is -0.132. The van der Waals surface area contributed by atoms with Gasteiger partial charge in [0.2, 0.25) is 5.91 Å². The van der Waals surface area contributed by atoms with Crippen molar-refractivity contribution in [2.75, 3.05) is 13.1 Å². The molecule has 0 aliphatic carbocycles. The second-order valence-electron chi connectivity index (χ2n) is 6.88. The van der Waals surface area contributed by atoms with Gasteiger partial charge in [-0.25, -0.2) is 4.98 Å². The molecule has 1 aliphatic heterocycles. The summed E-state index contributed by atoms with van der Waals surface area (Å²) >= 11 is 0. The van der Waals surface area contributed by atoms with Crippen molar-refractivity contribution in [3.63, 3.8) is 0 Å². The van der Waals surface area contributed by atoms with Crippen molar-refractivity contribution in [3.8, 4) is 0 Å². The SMILES string of the molecule is Cc1nccn1[C@H]1CCCN(C(=O)CCc2c[nH]c3ccccc23)C1. The zero-order chi connectivity index (χ0) is 17.2. The number of aromatic nitrogens is 3. The van der Waals surface area contributed by atoms with E-state index < -0.39 is 0 Å². The number of hydrogen-bond acceptors (Lipinski definition) is 2. The molecule has 0 spiro atoms. The highest BCUT2D eigenvalue weighted by molar-refractivity contribution is 5.84. The molecule has 1 N–H and O–H groups in total. The molecule has 130 valence electrons. The maximum Gasteiger partial charge on any atom is 0.222 e. The van der Waals surface area contributed by atoms with Crippen LogP contribution >= 0.6 is 0 Å². The van der Waals surface area contributed by atoms with E-state index in [1.165, 1.54) is 10.9 Å². The number of amides is 1. The van der Waals surface area contributed by atoms with E-state index in [2.05, 4.69) is 26.7 Å². The highest BCUT2D eigenvalue weighted by Gasteiger charge is 2.25. The maximum absolute atomic E-state index is 12.7. The minimum absolute atomic E-state index is 0.257. The molecule has 0 bridgehead atoms. The molecule has 5 heteroatoms. The number of nitrogens with one attached hydrogen (secondary N) is 1. The summed E-state index contributed by atoms with van der Waals surface area (Å²) in [5, 5.41) is 1.22. The van der Waals surface area contributed by atoms with E-state index >= 15 is 0 Å². The van der Waals surface area contributed by atoms with Gasteiger partial charge in [-0.15, -0.1) is 0 Å². The van der Waals surface area contributed by atoms with Crippen molar-refractivity contribution in [1.82, 2.24) is 19.4 Å². The Balaban J connectivity index is 1.40. The number of likely N-dealkylation sites (tertiary alicyclic amines) is 1. The first-order chi connectivity index (χ1) is 12.2. The molecular weight excluding hydrogens is 312 g/mol. The Morgan fingerprint density at radius 2 is 2.24 bits per heavy atom. The molecule has 3 heterocycles. The second-order valence-corrected chi connectivity index (χ2v) is 6.88. The topological polar surface area (TPSA) is 53.9 Å². The van der Waals surface area contributed by atoms with E-state index in [1.54, 1.807) is 0 Å². The number of hydrogen-bond donors (Lipinski definition) is 1. The summed E-state index contributed by atoms with van der Waals surface area (Å²) in [6.45, 7) is 3.69. The first-order valence-electron chi connectivity index (χ1n) is 9.04. The predicted octanol–water partition coefficient (Wildman–Crippen LogP) is 3.47. The fourth-order valence-electron chi connectivity index (χ4n) is 3.92. The number of benzene rings is 1. The molecule has 1 aromatic carbocycles. The quantitative estimate of drug-likeness (QED) is 0.793. The van der Waals surface area contributed by atoms with E-state index in [1.807, 2.05) is 42.5 Å². The smallest absolute Gasteiger partial charge is 0.222 e. The van der Waals surface area contributed by atoms with E-state index in [0.717, 1.165) is 43.7 Å². The number of aromatic amines is 1. The van der Waals surface area contributed by atoms with Gasteiger partial charge in [-0.1, -0.05) is 18.2 Å². The van der Waals surface area contributed by atoms with Gasteiger partial charge >= 0.3 is 0 Å². The Hall–Kier alpha value is -2.56. The summed E-state index contributed by atoms with van der Waals surface area (Å²) in [4.78, 5) is 22.4. The lowest BCUT2D eigenvalue weighted by atomic mass is 10.0. The first kappa shape index (κ1) is 15.9. The van der Waals surface area contributed by atoms with E-state index in [4.69, 9.17) is 0 Å². The fourth-order valence-corrected chi connectivity index (χ4v) is 3.92. The third-order valence-corrected chi connectivity index (χ3v) is 5.29. The van der Waals surface area contributed by atoms with Gasteiger partial charge < -0.3 is 14.5 Å². The molecule has 1 aliphatic rings. The highest BCUT2D eigenvalue weighted by atomic mass is 16.2. The van der Waals surface area contributed by atoms with Gasteiger partial charge in [0.15, 0.2) is 0 Å². The lowest BCUT2D eigenvalue weighted by Crippen LogP contribution is -2.40. The summed E-state index contributed by atoms with van der Waals surface area (Å²) in [7, 11) is 0. The predicted molar refractivity (Wildman–Crippen MR) is 98.4 cm³/mol. The highest BCUT2D eigenvalue weighted by Crippen LogP contribution is 2.24. The van der Waals surface area contributed by atoms with Gasteiger partial charge in [-0.05, 0) is 37.8 Å². The molecule has 3 aromatic rings. The van der Waals surface area contributed by atoms with Gasteiger partial charge in [0.25, 0.3) is 0 Å². The van der Waals surface area contributed by atoms with Crippen LogP contribution in [0.2, 0.25) is 0 Å². The third kappa shape index (κ3) is 3.18. The third-order valence-electron chi connectivity index (χ3n) is 5.29. The van der Waals surface area contributed by atoms with Gasteiger partial charge in [0, 0.05) is 49.0 Å². The van der Waals surface area contributed by atoms with E-state index in [0.29, 0.717) is 12.5 Å². The van der Waals surface area contributed by atoms with Crippen LogP contribution in [0, 0.1) is 6.92 Å². The molecule has 2 aromatic heterocycles. The van der Waals surface area contributed by atoms with Crippen LogP contribution in [0.4, 0.5) is 0 Å². The van der Waals surface area contributed by atoms with Crippen molar-refractivity contribution < 1.29 is 4.79 Å². The Morgan fingerprint density at radius 3 is 3.08 bits per heavy atom. The fraction of sp³-hybridized carbons (Fsp3) is 0.400. The number of carbonyl (C=O) groups is 1. The Labute approximate surface area is 147 Å². The minimum Gasteiger partial charge on any atom is -0.361 e. The van der Waals surface area contributed by atoms with Crippen LogP contribution in [0.25, 0.3) is 10.9 Å². The van der Waals surface area contributed by atoms with Crippen LogP contribution in [-0.4, -0.2) is 38.4 Å². The number of fused-ring (bicyclic) bond motifs is 1. The number of aryl methyl sites for hydroxylation is 2. The summed E-state index contributed by atoms with van der Waals surface area (Å²) in [5.74, 6) is 1.28. The molecule has 0 radical (unpaired) electrons. The van der Waals surface area contributed by atoms with Crippen molar-refractivity contribution in [1.29, 1.82) is 0 Å². The van der Waals surface area contributed by atoms with Crippen LogP contribution in [0.1, 0.15) is 36.7 Å². The molecule has 1 amide bonds. The second kappa shape index (κ2) is 6.75. The zero-order valence-electron chi connectivity index (χ0n) is 14.6. The molecule has 0 unspecified atom stereocenters. The van der Waals surface area contributed by atoms with Crippen molar-refractivity contribution in [2.45, 2.75) is 38.6 Å². The first-order valence-corrected chi connectivity index (χ1v) is 9.04. The maximum atomic E-state index is 12.7. The van der Waals surface area contributed by atoms with Gasteiger partial charge in [0.1, 0.15) is 5.82 Å². The average molecular weight is 336 g/mol. The standard InChI is InChI=1S/C20H24N4O/c1-15-21-10-12-24(15)17-5-4-11-23(14-17)20(25)9-8-16-13-22-19-7-3-2-6-18(16)19/h2-3,6-7,10,12-13,17,22H,4-5,8-9,11,14H2,1H3/t17-/m0/s1. The number of nitrogens with zero attached hydrogens (tertiary/aromatic N) is 3. The lowest BCUT2D eigenvalue weighted by Gasteiger charge is -2.34. The molecule has 1 atom stereocenters. The number of H-pyrrole nitrogens is 1. The summed E-state index contributed by atoms with van der Waals surface area (Å²) < 4.78 is 2.21. The van der Waals surface area contributed by atoms with Crippen LogP contribution in [0.15, 0.2) is 42.9 Å². The number of piperidine rings is 1. The number of imidazole rings is 1. The van der Waals surface area contributed by atoms with Crippen molar-refractivity contribution in [2.24, 2.45) is 0 Å². The van der Waals surface area contributed by atoms with Gasteiger partial charge in [-0.3, -0.25) is 4.79 Å². The monoisotopic (exact) mass is 336 g/mol. The van der Waals surface area contributed by atoms with E-state index in [-0.39, 0.29) is 5.91 Å². The van der Waals surface area contributed by atoms with Crippen molar-refractivity contribution >= 4 is 16.8 Å². The molecule has 1 fully saturated rings. The van der Waals surface area contributed by atoms with Crippen LogP contribution in [0.5, 0.6) is 0 Å². The minimum atomic E-state index is 0.257. The molecule has 5 nitrogen and oxygen atoms in total.